The van der Waals surface area contributed by atoms with Crippen LogP contribution in [0.15, 0.2) is 48.5 Å². The minimum atomic E-state index is -0.859. The summed E-state index contributed by atoms with van der Waals surface area (Å²) in [6.07, 6.45) is -0.178. The van der Waals surface area contributed by atoms with Gasteiger partial charge in [0.15, 0.2) is 5.78 Å². The molecule has 0 saturated carbocycles. The summed E-state index contributed by atoms with van der Waals surface area (Å²) in [6, 6.07) is 13.9. The van der Waals surface area contributed by atoms with Crippen LogP contribution < -0.4 is 0 Å². The molecule has 0 unspecified atom stereocenters. The Bertz CT molecular complexity index is 760. The van der Waals surface area contributed by atoms with E-state index in [4.69, 9.17) is 0 Å². The van der Waals surface area contributed by atoms with Crippen LogP contribution in [0.5, 0.6) is 0 Å². The van der Waals surface area contributed by atoms with Gasteiger partial charge in [-0.25, -0.2) is 4.39 Å². The number of ketones is 1. The van der Waals surface area contributed by atoms with Gasteiger partial charge in [-0.05, 0) is 29.7 Å². The Morgan fingerprint density at radius 3 is 2.77 bits per heavy atom. The van der Waals surface area contributed by atoms with Crippen LogP contribution in [0, 0.1) is 11.2 Å². The van der Waals surface area contributed by atoms with E-state index < -0.39 is 11.5 Å². The highest BCUT2D eigenvalue weighted by atomic mass is 32.2. The van der Waals surface area contributed by atoms with Crippen molar-refractivity contribution in [3.05, 3.63) is 71.0 Å². The maximum Gasteiger partial charge on any atom is 0.173 e. The molecule has 2 aromatic rings. The third-order valence-electron chi connectivity index (χ3n) is 4.80. The van der Waals surface area contributed by atoms with E-state index in [9.17, 15) is 14.3 Å². The molecule has 22 heavy (non-hydrogen) atoms. The first-order valence-corrected chi connectivity index (χ1v) is 8.35. The molecule has 1 N–H and O–H groups in total. The number of carbonyl (C=O) groups is 1. The fraction of sp³-hybridized carbons (Fsp3) is 0.278. The van der Waals surface area contributed by atoms with Gasteiger partial charge >= 0.3 is 0 Å². The molecule has 1 spiro atoms. The van der Waals surface area contributed by atoms with Crippen molar-refractivity contribution in [1.82, 2.24) is 0 Å². The topological polar surface area (TPSA) is 37.3 Å². The van der Waals surface area contributed by atoms with E-state index in [0.29, 0.717) is 17.7 Å². The maximum absolute atomic E-state index is 13.6. The van der Waals surface area contributed by atoms with Crippen molar-refractivity contribution in [3.63, 3.8) is 0 Å². The van der Waals surface area contributed by atoms with Crippen LogP contribution in [0.4, 0.5) is 4.39 Å². The highest BCUT2D eigenvalue weighted by molar-refractivity contribution is 7.99. The second-order valence-electron chi connectivity index (χ2n) is 5.99. The van der Waals surface area contributed by atoms with Crippen LogP contribution in [-0.4, -0.2) is 22.7 Å². The zero-order chi connectivity index (χ0) is 15.3. The number of hydrogen-bond acceptors (Lipinski definition) is 3. The quantitative estimate of drug-likeness (QED) is 0.876. The molecule has 3 atom stereocenters. The second-order valence-corrected chi connectivity index (χ2v) is 7.13. The molecular formula is C18H15FO2S. The van der Waals surface area contributed by atoms with Crippen LogP contribution in [0.25, 0.3) is 0 Å². The third-order valence-corrected chi connectivity index (χ3v) is 6.34. The number of hydrogen-bond donors (Lipinski definition) is 1. The van der Waals surface area contributed by atoms with Crippen molar-refractivity contribution < 1.29 is 14.3 Å². The fourth-order valence-corrected chi connectivity index (χ4v) is 5.40. The zero-order valence-electron chi connectivity index (χ0n) is 11.8. The van der Waals surface area contributed by atoms with Gasteiger partial charge in [-0.15, -0.1) is 11.8 Å². The van der Waals surface area contributed by atoms with E-state index in [1.54, 1.807) is 17.8 Å². The molecule has 2 nitrogen and oxygen atoms in total. The molecule has 112 valence electrons. The molecule has 2 aliphatic rings. The van der Waals surface area contributed by atoms with E-state index in [1.165, 1.54) is 12.1 Å². The molecular weight excluding hydrogens is 299 g/mol. The van der Waals surface area contributed by atoms with E-state index in [0.717, 1.165) is 11.1 Å². The zero-order valence-corrected chi connectivity index (χ0v) is 12.6. The van der Waals surface area contributed by atoms with Crippen molar-refractivity contribution in [2.24, 2.45) is 5.41 Å². The van der Waals surface area contributed by atoms with Gasteiger partial charge in [0, 0.05) is 16.6 Å². The standard InChI is InChI=1S/C18H15FO2S/c19-13-6-3-5-11(8-13)17-18(15(20)10-22-17)9-12-4-1-2-7-14(12)16(18)21/h1-8,15,17,20H,9-10H2/t15-,17-,18-/m1/s1. The molecule has 1 fully saturated rings. The first-order valence-electron chi connectivity index (χ1n) is 7.31. The van der Waals surface area contributed by atoms with Gasteiger partial charge in [-0.3, -0.25) is 4.79 Å². The number of benzene rings is 2. The summed E-state index contributed by atoms with van der Waals surface area (Å²) < 4.78 is 13.6. The number of aliphatic hydroxyl groups is 1. The second kappa shape index (κ2) is 4.93. The predicted molar refractivity (Wildman–Crippen MR) is 84.5 cm³/mol. The Hall–Kier alpha value is -1.65. The van der Waals surface area contributed by atoms with Gasteiger partial charge in [0.25, 0.3) is 0 Å². The lowest BCUT2D eigenvalue weighted by atomic mass is 9.73. The summed E-state index contributed by atoms with van der Waals surface area (Å²) in [4.78, 5) is 13.0. The molecule has 2 aromatic carbocycles. The molecule has 0 aromatic heterocycles. The highest BCUT2D eigenvalue weighted by Crippen LogP contribution is 2.59. The Morgan fingerprint density at radius 1 is 1.18 bits per heavy atom. The molecule has 0 amide bonds. The summed E-state index contributed by atoms with van der Waals surface area (Å²) in [7, 11) is 0. The van der Waals surface area contributed by atoms with Gasteiger partial charge in [-0.2, -0.15) is 0 Å². The Morgan fingerprint density at radius 2 is 2.00 bits per heavy atom. The van der Waals surface area contributed by atoms with Crippen molar-refractivity contribution >= 4 is 17.5 Å². The Balaban J connectivity index is 1.84. The lowest BCUT2D eigenvalue weighted by Crippen LogP contribution is -2.41. The first kappa shape index (κ1) is 14.0. The highest BCUT2D eigenvalue weighted by Gasteiger charge is 2.59. The summed E-state index contributed by atoms with van der Waals surface area (Å²) in [5.74, 6) is 0.188. The van der Waals surface area contributed by atoms with E-state index in [-0.39, 0.29) is 16.9 Å². The number of rotatable bonds is 1. The number of fused-ring (bicyclic) bond motifs is 1. The van der Waals surface area contributed by atoms with Crippen molar-refractivity contribution in [1.29, 1.82) is 0 Å². The predicted octanol–water partition coefficient (Wildman–Crippen LogP) is 3.40. The van der Waals surface area contributed by atoms with Gasteiger partial charge in [0.1, 0.15) is 5.82 Å². The average Bonchev–Trinajstić information content (AvgIpc) is 3.00. The average molecular weight is 314 g/mol. The maximum atomic E-state index is 13.6. The summed E-state index contributed by atoms with van der Waals surface area (Å²) in [6.45, 7) is 0. The van der Waals surface area contributed by atoms with Crippen LogP contribution in [0.3, 0.4) is 0 Å². The van der Waals surface area contributed by atoms with Gasteiger partial charge < -0.3 is 5.11 Å². The first-order chi connectivity index (χ1) is 10.6. The molecule has 0 bridgehead atoms. The van der Waals surface area contributed by atoms with E-state index in [1.807, 2.05) is 30.3 Å². The fourth-order valence-electron chi connectivity index (χ4n) is 3.75. The van der Waals surface area contributed by atoms with Crippen LogP contribution in [0.1, 0.15) is 26.7 Å². The van der Waals surface area contributed by atoms with Gasteiger partial charge in [-0.1, -0.05) is 36.4 Å². The molecule has 4 heteroatoms. The molecule has 0 radical (unpaired) electrons. The Labute approximate surface area is 132 Å². The van der Waals surface area contributed by atoms with E-state index in [2.05, 4.69) is 0 Å². The number of carbonyl (C=O) groups excluding carboxylic acids is 1. The summed E-state index contributed by atoms with van der Waals surface area (Å²) in [5.41, 5.74) is 1.60. The number of halogens is 1. The number of aliphatic hydroxyl groups excluding tert-OH is 1. The van der Waals surface area contributed by atoms with Crippen molar-refractivity contribution in [3.8, 4) is 0 Å². The van der Waals surface area contributed by atoms with Crippen LogP contribution in [-0.2, 0) is 6.42 Å². The van der Waals surface area contributed by atoms with E-state index >= 15 is 0 Å². The number of Topliss-reactive ketones (excluding diaryl/α,β-unsaturated/α-hetero) is 1. The summed E-state index contributed by atoms with van der Waals surface area (Å²) >= 11 is 1.55. The number of thioether (sulfide) groups is 1. The lowest BCUT2D eigenvalue weighted by molar-refractivity contribution is 0.0435. The molecule has 1 aliphatic heterocycles. The third kappa shape index (κ3) is 1.80. The normalized spacial score (nSPS) is 30.0. The smallest absolute Gasteiger partial charge is 0.173 e. The molecule has 1 aliphatic carbocycles. The Kier molecular flexibility index (Phi) is 3.13. The van der Waals surface area contributed by atoms with Crippen molar-refractivity contribution in [2.45, 2.75) is 17.8 Å². The van der Waals surface area contributed by atoms with Gasteiger partial charge in [0.2, 0.25) is 0 Å². The van der Waals surface area contributed by atoms with Crippen LogP contribution in [0.2, 0.25) is 0 Å². The SMILES string of the molecule is O=C1c2ccccc2C[C@@]12[C@H](O)CS[C@@H]2c1cccc(F)c1. The van der Waals surface area contributed by atoms with Gasteiger partial charge in [0.05, 0.1) is 11.5 Å². The van der Waals surface area contributed by atoms with Crippen molar-refractivity contribution in [2.75, 3.05) is 5.75 Å². The largest absolute Gasteiger partial charge is 0.391 e. The van der Waals surface area contributed by atoms with Crippen LogP contribution >= 0.6 is 11.8 Å². The lowest BCUT2D eigenvalue weighted by Gasteiger charge is -2.31. The minimum absolute atomic E-state index is 0.00476. The minimum Gasteiger partial charge on any atom is -0.391 e. The summed E-state index contributed by atoms with van der Waals surface area (Å²) in [5, 5.41) is 10.4. The molecule has 1 saturated heterocycles. The molecule has 4 rings (SSSR count). The molecule has 1 heterocycles. The monoisotopic (exact) mass is 314 g/mol.